The van der Waals surface area contributed by atoms with E-state index >= 15 is 0 Å². The monoisotopic (exact) mass is 128 g/mol. The van der Waals surface area contributed by atoms with E-state index < -0.39 is 6.03 Å². The van der Waals surface area contributed by atoms with Crippen molar-refractivity contribution >= 4 is 6.03 Å². The van der Waals surface area contributed by atoms with Gasteiger partial charge in [0.25, 0.3) is 0 Å². The number of urea groups is 1. The maximum absolute atomic E-state index is 10.3. The highest BCUT2D eigenvalue weighted by molar-refractivity contribution is 5.71. The number of nitrogens with two attached hydrogens (primary N) is 1. The van der Waals surface area contributed by atoms with Gasteiger partial charge in [-0.05, 0) is 6.92 Å². The molecule has 0 aliphatic rings. The largest absolute Gasteiger partial charge is 0.351 e. The number of likely N-dealkylation sites (N-methyl/N-ethyl adjacent to an activating group) is 1. The van der Waals surface area contributed by atoms with Crippen LogP contribution in [0.3, 0.4) is 0 Å². The number of hydrogen-bond donors (Lipinski definition) is 1. The van der Waals surface area contributed by atoms with E-state index in [-0.39, 0.29) is 0 Å². The Bertz CT molecular complexity index is 131. The number of nitrogens with zero attached hydrogens (tertiary/aromatic N) is 1. The van der Waals surface area contributed by atoms with Gasteiger partial charge in [0.2, 0.25) is 0 Å². The van der Waals surface area contributed by atoms with Crippen LogP contribution in [0.5, 0.6) is 0 Å². The lowest BCUT2D eigenvalue weighted by atomic mass is 10.3. The van der Waals surface area contributed by atoms with Crippen LogP contribution in [0.4, 0.5) is 4.79 Å². The fraction of sp³-hybridized carbons (Fsp3) is 0.500. The predicted molar refractivity (Wildman–Crippen MR) is 37.0 cm³/mol. The predicted octanol–water partition coefficient (Wildman–Crippen LogP) is 0.573. The number of amides is 2. The molecule has 0 aromatic heterocycles. The van der Waals surface area contributed by atoms with E-state index in [2.05, 4.69) is 6.58 Å². The van der Waals surface area contributed by atoms with E-state index in [0.717, 1.165) is 5.57 Å². The average molecular weight is 128 g/mol. The summed E-state index contributed by atoms with van der Waals surface area (Å²) >= 11 is 0. The summed E-state index contributed by atoms with van der Waals surface area (Å²) < 4.78 is 0. The molecule has 52 valence electrons. The zero-order valence-electron chi connectivity index (χ0n) is 5.85. The van der Waals surface area contributed by atoms with Crippen LogP contribution in [0.25, 0.3) is 0 Å². The van der Waals surface area contributed by atoms with Gasteiger partial charge in [-0.15, -0.1) is 0 Å². The third kappa shape index (κ3) is 3.58. The lowest BCUT2D eigenvalue weighted by Gasteiger charge is -2.12. The van der Waals surface area contributed by atoms with Crippen molar-refractivity contribution in [1.29, 1.82) is 0 Å². The molecule has 0 heterocycles. The molecule has 0 saturated carbocycles. The van der Waals surface area contributed by atoms with Gasteiger partial charge in [-0.2, -0.15) is 0 Å². The molecule has 0 spiro atoms. The van der Waals surface area contributed by atoms with Crippen LogP contribution in [0.15, 0.2) is 12.2 Å². The fourth-order valence-corrected chi connectivity index (χ4v) is 0.483. The van der Waals surface area contributed by atoms with E-state index in [4.69, 9.17) is 5.73 Å². The second-order valence-corrected chi connectivity index (χ2v) is 2.15. The van der Waals surface area contributed by atoms with Crippen LogP contribution in [0.2, 0.25) is 0 Å². The van der Waals surface area contributed by atoms with Gasteiger partial charge in [0.15, 0.2) is 0 Å². The van der Waals surface area contributed by atoms with Crippen LogP contribution < -0.4 is 5.73 Å². The van der Waals surface area contributed by atoms with Gasteiger partial charge in [0.05, 0.1) is 0 Å². The molecule has 0 atom stereocenters. The van der Waals surface area contributed by atoms with Crippen molar-refractivity contribution in [2.75, 3.05) is 13.6 Å². The van der Waals surface area contributed by atoms with Crippen LogP contribution in [-0.4, -0.2) is 24.5 Å². The molecule has 0 unspecified atom stereocenters. The minimum Gasteiger partial charge on any atom is -0.351 e. The molecule has 0 fully saturated rings. The molecule has 9 heavy (non-hydrogen) atoms. The van der Waals surface area contributed by atoms with E-state index in [9.17, 15) is 4.79 Å². The summed E-state index contributed by atoms with van der Waals surface area (Å²) in [5.41, 5.74) is 5.86. The van der Waals surface area contributed by atoms with Crippen molar-refractivity contribution in [3.05, 3.63) is 12.2 Å². The summed E-state index contributed by atoms with van der Waals surface area (Å²) in [6.07, 6.45) is 0. The standard InChI is InChI=1S/C6H12N2O/c1-5(2)4-8(3)6(7)9/h1,4H2,2-3H3,(H2,7,9). The summed E-state index contributed by atoms with van der Waals surface area (Å²) in [4.78, 5) is 11.7. The molecule has 0 bridgehead atoms. The first-order valence-corrected chi connectivity index (χ1v) is 2.69. The maximum Gasteiger partial charge on any atom is 0.314 e. The molecule has 0 aliphatic heterocycles. The highest BCUT2D eigenvalue weighted by Gasteiger charge is 2.00. The van der Waals surface area contributed by atoms with Crippen LogP contribution >= 0.6 is 0 Å². The van der Waals surface area contributed by atoms with Gasteiger partial charge in [0.1, 0.15) is 0 Å². The molecule has 2 amide bonds. The van der Waals surface area contributed by atoms with Crippen molar-refractivity contribution < 1.29 is 4.79 Å². The molecular formula is C6H12N2O. The molecule has 0 radical (unpaired) electrons. The highest BCUT2D eigenvalue weighted by atomic mass is 16.2. The third-order valence-electron chi connectivity index (χ3n) is 0.883. The summed E-state index contributed by atoms with van der Waals surface area (Å²) in [6.45, 7) is 6.01. The number of rotatable bonds is 2. The van der Waals surface area contributed by atoms with Gasteiger partial charge >= 0.3 is 6.03 Å². The first-order chi connectivity index (χ1) is 4.04. The summed E-state index contributed by atoms with van der Waals surface area (Å²) in [6, 6.07) is -0.419. The van der Waals surface area contributed by atoms with Gasteiger partial charge in [-0.25, -0.2) is 4.79 Å². The van der Waals surface area contributed by atoms with Gasteiger partial charge < -0.3 is 10.6 Å². The Kier molecular flexibility index (Phi) is 2.78. The highest BCUT2D eigenvalue weighted by Crippen LogP contribution is 1.89. The quantitative estimate of drug-likeness (QED) is 0.543. The SMILES string of the molecule is C=C(C)CN(C)C(N)=O. The van der Waals surface area contributed by atoms with E-state index in [1.807, 2.05) is 6.92 Å². The Labute approximate surface area is 55.1 Å². The first-order valence-electron chi connectivity index (χ1n) is 2.69. The summed E-state index contributed by atoms with van der Waals surface area (Å²) in [5, 5.41) is 0. The van der Waals surface area contributed by atoms with Crippen molar-refractivity contribution in [2.24, 2.45) is 5.73 Å². The number of carbonyl (C=O) groups is 1. The van der Waals surface area contributed by atoms with Gasteiger partial charge in [0, 0.05) is 13.6 Å². The lowest BCUT2D eigenvalue weighted by Crippen LogP contribution is -2.32. The second kappa shape index (κ2) is 3.12. The topological polar surface area (TPSA) is 46.3 Å². The van der Waals surface area contributed by atoms with Crippen molar-refractivity contribution in [1.82, 2.24) is 4.90 Å². The van der Waals surface area contributed by atoms with Crippen molar-refractivity contribution in [3.63, 3.8) is 0 Å². The minimum absolute atomic E-state index is 0.419. The number of primary amides is 1. The molecular weight excluding hydrogens is 116 g/mol. The first kappa shape index (κ1) is 8.01. The number of hydrogen-bond acceptors (Lipinski definition) is 1. The third-order valence-corrected chi connectivity index (χ3v) is 0.883. The van der Waals surface area contributed by atoms with Gasteiger partial charge in [-0.3, -0.25) is 0 Å². The lowest BCUT2D eigenvalue weighted by molar-refractivity contribution is 0.222. The Morgan fingerprint density at radius 1 is 1.78 bits per heavy atom. The van der Waals surface area contributed by atoms with E-state index in [1.54, 1.807) is 7.05 Å². The molecule has 2 N–H and O–H groups in total. The molecule has 0 aromatic rings. The normalized spacial score (nSPS) is 8.67. The van der Waals surface area contributed by atoms with Crippen LogP contribution in [-0.2, 0) is 0 Å². The Hall–Kier alpha value is -0.990. The summed E-state index contributed by atoms with van der Waals surface area (Å²) in [7, 11) is 1.64. The smallest absolute Gasteiger partial charge is 0.314 e. The molecule has 3 nitrogen and oxygen atoms in total. The molecule has 0 saturated heterocycles. The molecule has 0 rings (SSSR count). The maximum atomic E-state index is 10.3. The Morgan fingerprint density at radius 2 is 2.22 bits per heavy atom. The zero-order valence-corrected chi connectivity index (χ0v) is 5.85. The Morgan fingerprint density at radius 3 is 2.33 bits per heavy atom. The molecule has 0 aliphatic carbocycles. The molecule has 3 heteroatoms. The minimum atomic E-state index is -0.419. The van der Waals surface area contributed by atoms with E-state index in [1.165, 1.54) is 4.90 Å². The fourth-order valence-electron chi connectivity index (χ4n) is 0.483. The zero-order chi connectivity index (χ0) is 7.44. The van der Waals surface area contributed by atoms with Crippen LogP contribution in [0.1, 0.15) is 6.92 Å². The van der Waals surface area contributed by atoms with Crippen molar-refractivity contribution in [2.45, 2.75) is 6.92 Å². The Balaban J connectivity index is 3.63. The van der Waals surface area contributed by atoms with Crippen molar-refractivity contribution in [3.8, 4) is 0 Å². The molecule has 0 aromatic carbocycles. The average Bonchev–Trinajstić information content (AvgIpc) is 1.63. The van der Waals surface area contributed by atoms with Crippen LogP contribution in [0, 0.1) is 0 Å². The summed E-state index contributed by atoms with van der Waals surface area (Å²) in [5.74, 6) is 0. The van der Waals surface area contributed by atoms with Gasteiger partial charge in [-0.1, -0.05) is 12.2 Å². The second-order valence-electron chi connectivity index (χ2n) is 2.15. The number of carbonyl (C=O) groups excluding carboxylic acids is 1. The van der Waals surface area contributed by atoms with E-state index in [0.29, 0.717) is 6.54 Å².